The van der Waals surface area contributed by atoms with Crippen LogP contribution in [-0.2, 0) is 22.7 Å². The van der Waals surface area contributed by atoms with Crippen molar-refractivity contribution in [3.05, 3.63) is 70.7 Å². The summed E-state index contributed by atoms with van der Waals surface area (Å²) >= 11 is 0. The van der Waals surface area contributed by atoms with Gasteiger partial charge < -0.3 is 32.0 Å². The molecule has 0 radical (unpaired) electrons. The number of hydrazine groups is 1. The summed E-state index contributed by atoms with van der Waals surface area (Å²) in [5, 5.41) is 7.87. The van der Waals surface area contributed by atoms with Crippen molar-refractivity contribution < 1.29 is 9.59 Å². The Morgan fingerprint density at radius 1 is 1.21 bits per heavy atom. The lowest BCUT2D eigenvalue weighted by Gasteiger charge is -2.35. The van der Waals surface area contributed by atoms with Crippen molar-refractivity contribution in [2.75, 3.05) is 13.1 Å². The number of nitrogens with zero attached hydrogens (tertiary/aromatic N) is 3. The van der Waals surface area contributed by atoms with Gasteiger partial charge in [0.15, 0.2) is 0 Å². The number of hydrogen-bond donors (Lipinski definition) is 5. The molecule has 0 bridgehead atoms. The third-order valence-corrected chi connectivity index (χ3v) is 7.63. The van der Waals surface area contributed by atoms with Crippen LogP contribution in [0.5, 0.6) is 0 Å². The number of allylic oxidation sites excluding steroid dienone is 2. The van der Waals surface area contributed by atoms with E-state index in [0.717, 1.165) is 74.1 Å². The molecule has 10 heteroatoms. The first kappa shape index (κ1) is 28.4. The van der Waals surface area contributed by atoms with Gasteiger partial charge in [0.05, 0.1) is 12.6 Å². The Hall–Kier alpha value is -3.63. The van der Waals surface area contributed by atoms with E-state index >= 15 is 0 Å². The summed E-state index contributed by atoms with van der Waals surface area (Å²) in [6, 6.07) is 8.40. The van der Waals surface area contributed by atoms with Gasteiger partial charge in [-0.2, -0.15) is 0 Å². The van der Waals surface area contributed by atoms with Gasteiger partial charge in [-0.3, -0.25) is 9.59 Å². The summed E-state index contributed by atoms with van der Waals surface area (Å²) < 4.78 is 0. The van der Waals surface area contributed by atoms with Crippen molar-refractivity contribution in [1.82, 2.24) is 20.5 Å². The van der Waals surface area contributed by atoms with Crippen LogP contribution in [0.1, 0.15) is 63.0 Å². The molecule has 210 valence electrons. The third kappa shape index (κ3) is 7.70. The van der Waals surface area contributed by atoms with E-state index < -0.39 is 0 Å². The van der Waals surface area contributed by atoms with Gasteiger partial charge in [-0.15, -0.1) is 0 Å². The number of nitrogens with one attached hydrogen (secondary N) is 2. The first-order valence-electron chi connectivity index (χ1n) is 13.9. The molecule has 0 saturated carbocycles. The SMILES string of the molecule is CCC1CCCC(=O)N1CCNCc1ccc(CN(N)/C=C(\N)C(=O)NC2CCC3=C2CC=CC(N)=N3)cc1. The van der Waals surface area contributed by atoms with Gasteiger partial charge in [-0.25, -0.2) is 10.8 Å². The molecule has 1 aromatic rings. The van der Waals surface area contributed by atoms with E-state index in [0.29, 0.717) is 31.3 Å². The van der Waals surface area contributed by atoms with Crippen LogP contribution in [-0.4, -0.2) is 52.7 Å². The highest BCUT2D eigenvalue weighted by atomic mass is 16.2. The van der Waals surface area contributed by atoms with Crippen LogP contribution in [0.3, 0.4) is 0 Å². The molecule has 2 atom stereocenters. The highest BCUT2D eigenvalue weighted by molar-refractivity contribution is 5.94. The predicted octanol–water partition coefficient (Wildman–Crippen LogP) is 1.89. The minimum Gasteiger partial charge on any atom is -0.393 e. The summed E-state index contributed by atoms with van der Waals surface area (Å²) in [6.45, 7) is 4.81. The zero-order valence-electron chi connectivity index (χ0n) is 22.9. The lowest BCUT2D eigenvalue weighted by molar-refractivity contribution is -0.136. The molecule has 1 aromatic carbocycles. The second-order valence-electron chi connectivity index (χ2n) is 10.5. The van der Waals surface area contributed by atoms with E-state index in [1.165, 1.54) is 11.2 Å². The molecule has 10 nitrogen and oxygen atoms in total. The maximum atomic E-state index is 12.7. The highest BCUT2D eigenvalue weighted by Gasteiger charge is 2.28. The number of nitrogens with two attached hydrogens (primary N) is 3. The molecular formula is C29H42N8O2. The van der Waals surface area contributed by atoms with E-state index in [2.05, 4.69) is 34.7 Å². The number of benzene rings is 1. The van der Waals surface area contributed by atoms with E-state index in [1.807, 2.05) is 23.1 Å². The molecule has 4 rings (SSSR count). The summed E-state index contributed by atoms with van der Waals surface area (Å²) in [5.74, 6) is 6.55. The molecule has 0 spiro atoms. The van der Waals surface area contributed by atoms with Crippen LogP contribution in [0.15, 0.2) is 64.6 Å². The zero-order chi connectivity index (χ0) is 27.8. The fraction of sp³-hybridized carbons (Fsp3) is 0.483. The molecule has 2 aliphatic heterocycles. The summed E-state index contributed by atoms with van der Waals surface area (Å²) in [7, 11) is 0. The first-order valence-corrected chi connectivity index (χ1v) is 13.9. The molecule has 2 unspecified atom stereocenters. The smallest absolute Gasteiger partial charge is 0.269 e. The molecule has 0 aromatic heterocycles. The molecule has 1 aliphatic carbocycles. The van der Waals surface area contributed by atoms with Gasteiger partial charge >= 0.3 is 0 Å². The molecule has 2 heterocycles. The van der Waals surface area contributed by atoms with Gasteiger partial charge in [0.1, 0.15) is 11.5 Å². The Morgan fingerprint density at radius 2 is 1.97 bits per heavy atom. The van der Waals surface area contributed by atoms with Crippen molar-refractivity contribution in [2.45, 2.75) is 77.0 Å². The van der Waals surface area contributed by atoms with Gasteiger partial charge in [-0.1, -0.05) is 37.3 Å². The fourth-order valence-corrected chi connectivity index (χ4v) is 5.52. The second-order valence-corrected chi connectivity index (χ2v) is 10.5. The summed E-state index contributed by atoms with van der Waals surface area (Å²) in [5.41, 5.74) is 16.2. The summed E-state index contributed by atoms with van der Waals surface area (Å²) in [4.78, 5) is 31.4. The van der Waals surface area contributed by atoms with Crippen molar-refractivity contribution in [3.8, 4) is 0 Å². The number of piperidine rings is 1. The lowest BCUT2D eigenvalue weighted by Crippen LogP contribution is -2.46. The average molecular weight is 535 g/mol. The predicted molar refractivity (Wildman–Crippen MR) is 153 cm³/mol. The van der Waals surface area contributed by atoms with E-state index in [1.54, 1.807) is 6.08 Å². The van der Waals surface area contributed by atoms with Gasteiger partial charge in [0.25, 0.3) is 5.91 Å². The van der Waals surface area contributed by atoms with Crippen LogP contribution in [0.25, 0.3) is 0 Å². The van der Waals surface area contributed by atoms with E-state index in [4.69, 9.17) is 17.3 Å². The van der Waals surface area contributed by atoms with Crippen LogP contribution in [0.2, 0.25) is 0 Å². The monoisotopic (exact) mass is 534 g/mol. The van der Waals surface area contributed by atoms with Crippen molar-refractivity contribution in [3.63, 3.8) is 0 Å². The molecule has 1 saturated heterocycles. The molecular weight excluding hydrogens is 492 g/mol. The molecule has 3 aliphatic rings. The Kier molecular flexibility index (Phi) is 9.78. The van der Waals surface area contributed by atoms with E-state index in [9.17, 15) is 9.59 Å². The van der Waals surface area contributed by atoms with Gasteiger partial charge in [0, 0.05) is 44.0 Å². The fourth-order valence-electron chi connectivity index (χ4n) is 5.52. The second kappa shape index (κ2) is 13.4. The van der Waals surface area contributed by atoms with Crippen LogP contribution < -0.4 is 27.9 Å². The number of rotatable bonds is 11. The number of amidine groups is 1. The van der Waals surface area contributed by atoms with Gasteiger partial charge in [-0.05, 0) is 61.3 Å². The Balaban J connectivity index is 1.21. The van der Waals surface area contributed by atoms with Crippen molar-refractivity contribution >= 4 is 17.6 Å². The maximum Gasteiger partial charge on any atom is 0.269 e. The minimum absolute atomic E-state index is 0.0528. The zero-order valence-corrected chi connectivity index (χ0v) is 22.9. The standard InChI is InChI=1S/C29H42N8O2/c1-2-22-5-3-8-28(38)37(22)16-15-33-17-20-9-11-21(12-10-20)18-36(32)19-24(30)29(39)35-26-14-13-25-23(26)6-4-7-27(31)34-25/h4,7,9-12,19,22,26,33H,2-3,5-6,8,13-18,30,32H2,1H3,(H2,31,34)(H,35,39)/b24-19-. The van der Waals surface area contributed by atoms with Crippen LogP contribution in [0, 0.1) is 0 Å². The largest absolute Gasteiger partial charge is 0.393 e. The average Bonchev–Trinajstić information content (AvgIpc) is 3.17. The van der Waals surface area contributed by atoms with Crippen molar-refractivity contribution in [2.24, 2.45) is 22.3 Å². The number of carbonyl (C=O) groups excluding carboxylic acids is 2. The number of likely N-dealkylation sites (tertiary alicyclic amines) is 1. The Morgan fingerprint density at radius 3 is 2.74 bits per heavy atom. The number of carbonyl (C=O) groups is 2. The van der Waals surface area contributed by atoms with E-state index in [-0.39, 0.29) is 23.6 Å². The molecule has 1 fully saturated rings. The Bertz CT molecular complexity index is 1150. The molecule has 2 amide bonds. The quantitative estimate of drug-likeness (QED) is 0.126. The maximum absolute atomic E-state index is 12.7. The third-order valence-electron chi connectivity index (χ3n) is 7.63. The highest BCUT2D eigenvalue weighted by Crippen LogP contribution is 2.31. The minimum atomic E-state index is -0.354. The summed E-state index contributed by atoms with van der Waals surface area (Å²) in [6.07, 6.45) is 11.3. The Labute approximate surface area is 231 Å². The normalized spacial score (nSPS) is 21.5. The van der Waals surface area contributed by atoms with Crippen LogP contribution in [0.4, 0.5) is 0 Å². The van der Waals surface area contributed by atoms with Crippen molar-refractivity contribution in [1.29, 1.82) is 0 Å². The topological polar surface area (TPSA) is 155 Å². The number of hydrogen-bond acceptors (Lipinski definition) is 8. The first-order chi connectivity index (χ1) is 18.8. The lowest BCUT2D eigenvalue weighted by atomic mass is 9.99. The molecule has 39 heavy (non-hydrogen) atoms. The van der Waals surface area contributed by atoms with Crippen LogP contribution >= 0.6 is 0 Å². The number of amides is 2. The number of aliphatic imine (C=N–C) groups is 1. The molecule has 8 N–H and O–H groups in total. The van der Waals surface area contributed by atoms with Gasteiger partial charge in [0.2, 0.25) is 5.91 Å².